The van der Waals surface area contributed by atoms with Crippen molar-refractivity contribution in [2.45, 2.75) is 25.8 Å². The van der Waals surface area contributed by atoms with Crippen molar-refractivity contribution in [1.82, 2.24) is 4.57 Å². The summed E-state index contributed by atoms with van der Waals surface area (Å²) in [5.41, 5.74) is 8.10. The molecule has 1 aliphatic rings. The number of aryl methyl sites for hydroxylation is 1. The molecule has 0 aliphatic carbocycles. The summed E-state index contributed by atoms with van der Waals surface area (Å²) in [6, 6.07) is 6.18. The predicted molar refractivity (Wildman–Crippen MR) is 85.4 cm³/mol. The van der Waals surface area contributed by atoms with Crippen LogP contribution in [-0.4, -0.2) is 17.9 Å². The first-order valence-electron chi connectivity index (χ1n) is 6.73. The van der Waals surface area contributed by atoms with Gasteiger partial charge in [-0.15, -0.1) is 0 Å². The fraction of sp³-hybridized carbons (Fsp3) is 0.250. The van der Waals surface area contributed by atoms with Crippen LogP contribution in [0.1, 0.15) is 24.4 Å². The van der Waals surface area contributed by atoms with E-state index in [4.69, 9.17) is 13.2 Å². The molecule has 2 N–H and O–H groups in total. The van der Waals surface area contributed by atoms with Gasteiger partial charge in [-0.2, -0.15) is 0 Å². The Morgan fingerprint density at radius 2 is 2.10 bits per heavy atom. The summed E-state index contributed by atoms with van der Waals surface area (Å²) in [4.78, 5) is 4.31. The Labute approximate surface area is 119 Å². The van der Waals surface area contributed by atoms with E-state index in [0.29, 0.717) is 11.1 Å². The van der Waals surface area contributed by atoms with E-state index in [-0.39, 0.29) is 6.04 Å². The summed E-state index contributed by atoms with van der Waals surface area (Å²) < 4.78 is 2.01. The predicted octanol–water partition coefficient (Wildman–Crippen LogP) is 1.99. The van der Waals surface area contributed by atoms with Gasteiger partial charge in [0.15, 0.2) is 0 Å². The Hall–Kier alpha value is -2.10. The van der Waals surface area contributed by atoms with Gasteiger partial charge in [0.25, 0.3) is 0 Å². The summed E-state index contributed by atoms with van der Waals surface area (Å²) in [6.45, 7) is 10.1. The SMILES string of the molecule is [B]=c1c2ccc(C)cc2c(=C)n1C1CCC(=C)N=C1N. The summed E-state index contributed by atoms with van der Waals surface area (Å²) in [7, 11) is 6.31. The molecule has 2 aromatic rings. The Kier molecular flexibility index (Phi) is 2.89. The molecule has 1 atom stereocenters. The van der Waals surface area contributed by atoms with Crippen molar-refractivity contribution < 1.29 is 0 Å². The normalized spacial score (nSPS) is 19.3. The van der Waals surface area contributed by atoms with Crippen LogP contribution >= 0.6 is 0 Å². The molecule has 20 heavy (non-hydrogen) atoms. The number of hydrogen-bond acceptors (Lipinski definition) is 2. The summed E-state index contributed by atoms with van der Waals surface area (Å²) in [5, 5.41) is 3.72. The number of fused-ring (bicyclic) bond motifs is 1. The second-order valence-electron chi connectivity index (χ2n) is 5.41. The van der Waals surface area contributed by atoms with Gasteiger partial charge in [-0.3, -0.25) is 0 Å². The number of allylic oxidation sites excluding steroid dienone is 1. The number of amidine groups is 1. The third-order valence-corrected chi connectivity index (χ3v) is 3.96. The summed E-state index contributed by atoms with van der Waals surface area (Å²) in [6.07, 6.45) is 1.69. The Balaban J connectivity index is 2.28. The molecule has 3 nitrogen and oxygen atoms in total. The van der Waals surface area contributed by atoms with Gasteiger partial charge in [-0.1, -0.05) is 0 Å². The topological polar surface area (TPSA) is 43.3 Å². The van der Waals surface area contributed by atoms with Gasteiger partial charge in [-0.25, -0.2) is 0 Å². The van der Waals surface area contributed by atoms with E-state index in [1.54, 1.807) is 0 Å². The molecule has 0 saturated carbocycles. The number of rotatable bonds is 1. The molecule has 0 spiro atoms. The third-order valence-electron chi connectivity index (χ3n) is 3.96. The van der Waals surface area contributed by atoms with Crippen molar-refractivity contribution in [3.8, 4) is 0 Å². The molecular formula is C16H17BN3. The van der Waals surface area contributed by atoms with Crippen LogP contribution in [0.5, 0.6) is 0 Å². The minimum atomic E-state index is -0.0271. The van der Waals surface area contributed by atoms with E-state index in [9.17, 15) is 0 Å². The van der Waals surface area contributed by atoms with Crippen LogP contribution < -0.4 is 11.1 Å². The second kappa shape index (κ2) is 4.48. The number of hydrogen-bond donors (Lipinski definition) is 1. The van der Waals surface area contributed by atoms with Gasteiger partial charge in [-0.05, 0) is 0 Å². The van der Waals surface area contributed by atoms with E-state index in [2.05, 4.69) is 37.2 Å². The van der Waals surface area contributed by atoms with E-state index >= 15 is 0 Å². The number of benzene rings is 1. The molecule has 1 aliphatic heterocycles. The second-order valence-corrected chi connectivity index (χ2v) is 5.41. The van der Waals surface area contributed by atoms with Crippen molar-refractivity contribution in [3.05, 3.63) is 46.6 Å². The van der Waals surface area contributed by atoms with Gasteiger partial charge in [0.1, 0.15) is 0 Å². The molecule has 0 saturated heterocycles. The van der Waals surface area contributed by atoms with Gasteiger partial charge in [0.2, 0.25) is 0 Å². The maximum atomic E-state index is 6.31. The summed E-state index contributed by atoms with van der Waals surface area (Å²) >= 11 is 0. The van der Waals surface area contributed by atoms with Crippen molar-refractivity contribution in [3.63, 3.8) is 0 Å². The van der Waals surface area contributed by atoms with Crippen molar-refractivity contribution in [2.24, 2.45) is 10.7 Å². The number of aliphatic imine (C=N–C) groups is 1. The standard InChI is InChI=1S/C16H17BN3/c1-9-4-6-12-13(8-9)11(3)20(15(12)17)14-7-5-10(2)19-16(14)18/h4,6,8,14H,2-3,5,7H2,1H3,(H2,18,19). The molecule has 3 rings (SSSR count). The minimum absolute atomic E-state index is 0.0271. The van der Waals surface area contributed by atoms with E-state index < -0.39 is 0 Å². The Morgan fingerprint density at radius 3 is 2.80 bits per heavy atom. The fourth-order valence-corrected chi connectivity index (χ4v) is 2.91. The average Bonchev–Trinajstić information content (AvgIpc) is 2.63. The quantitative estimate of drug-likeness (QED) is 0.785. The molecule has 4 heteroatoms. The molecule has 0 fully saturated rings. The first-order chi connectivity index (χ1) is 9.49. The van der Waals surface area contributed by atoms with Gasteiger partial charge in [0.05, 0.1) is 0 Å². The first kappa shape index (κ1) is 12.9. The molecule has 0 bridgehead atoms. The van der Waals surface area contributed by atoms with Crippen LogP contribution in [0, 0.1) is 12.2 Å². The Morgan fingerprint density at radius 1 is 1.35 bits per heavy atom. The van der Waals surface area contributed by atoms with Gasteiger partial charge >= 0.3 is 118 Å². The summed E-state index contributed by atoms with van der Waals surface area (Å²) in [5.74, 6) is 0.565. The van der Waals surface area contributed by atoms with Crippen LogP contribution in [-0.2, 0) is 0 Å². The third kappa shape index (κ3) is 1.83. The first-order valence-corrected chi connectivity index (χ1v) is 6.73. The van der Waals surface area contributed by atoms with Gasteiger partial charge in [0, 0.05) is 0 Å². The fourth-order valence-electron chi connectivity index (χ4n) is 2.91. The molecular weight excluding hydrogens is 245 g/mol. The number of nitrogens with zero attached hydrogens (tertiary/aromatic N) is 2. The van der Waals surface area contributed by atoms with Crippen LogP contribution in [0.2, 0.25) is 0 Å². The Bertz CT molecular complexity index is 845. The molecule has 1 aromatic heterocycles. The number of aromatic nitrogens is 1. The zero-order valence-electron chi connectivity index (χ0n) is 11.7. The van der Waals surface area contributed by atoms with E-state index in [0.717, 1.165) is 34.7 Å². The maximum absolute atomic E-state index is 6.31. The van der Waals surface area contributed by atoms with Crippen LogP contribution in [0.4, 0.5) is 0 Å². The molecule has 1 radical (unpaired) electrons. The van der Waals surface area contributed by atoms with E-state index in [1.165, 1.54) is 5.56 Å². The molecule has 99 valence electrons. The average molecular weight is 262 g/mol. The van der Waals surface area contributed by atoms with Gasteiger partial charge < -0.3 is 0 Å². The number of nitrogens with two attached hydrogens (primary N) is 1. The van der Waals surface area contributed by atoms with Crippen molar-refractivity contribution >= 4 is 30.7 Å². The monoisotopic (exact) mass is 262 g/mol. The van der Waals surface area contributed by atoms with Crippen LogP contribution in [0.25, 0.3) is 17.4 Å². The molecule has 0 amide bonds. The van der Waals surface area contributed by atoms with Crippen molar-refractivity contribution in [2.75, 3.05) is 0 Å². The molecule has 1 unspecified atom stereocenters. The van der Waals surface area contributed by atoms with Crippen LogP contribution in [0.3, 0.4) is 0 Å². The molecule has 2 heterocycles. The van der Waals surface area contributed by atoms with E-state index in [1.807, 2.05) is 10.6 Å². The zero-order chi connectivity index (χ0) is 14.4. The molecule has 1 aromatic carbocycles. The zero-order valence-corrected chi connectivity index (χ0v) is 11.7. The van der Waals surface area contributed by atoms with Crippen LogP contribution in [0.15, 0.2) is 35.5 Å². The van der Waals surface area contributed by atoms with Crippen molar-refractivity contribution in [1.29, 1.82) is 0 Å².